The summed E-state index contributed by atoms with van der Waals surface area (Å²) in [6.45, 7) is 1.07. The van der Waals surface area contributed by atoms with Crippen molar-refractivity contribution in [2.75, 3.05) is 0 Å². The van der Waals surface area contributed by atoms with E-state index in [0.717, 1.165) is 11.3 Å². The van der Waals surface area contributed by atoms with E-state index < -0.39 is 23.0 Å². The highest BCUT2D eigenvalue weighted by molar-refractivity contribution is 5.32. The van der Waals surface area contributed by atoms with Gasteiger partial charge in [-0.1, -0.05) is 0 Å². The zero-order chi connectivity index (χ0) is 11.9. The van der Waals surface area contributed by atoms with Gasteiger partial charge in [-0.3, -0.25) is 4.79 Å². The summed E-state index contributed by atoms with van der Waals surface area (Å²) < 4.78 is 38.4. The monoisotopic (exact) mass is 230 g/mol. The Bertz CT molecular complexity index is 604. The molecule has 2 rings (SSSR count). The van der Waals surface area contributed by atoms with Crippen molar-refractivity contribution in [1.82, 2.24) is 19.6 Å². The lowest BCUT2D eigenvalue weighted by Gasteiger charge is -2.09. The lowest BCUT2D eigenvalue weighted by Crippen LogP contribution is -2.25. The van der Waals surface area contributed by atoms with Crippen molar-refractivity contribution in [3.05, 3.63) is 34.0 Å². The first kappa shape index (κ1) is 10.5. The van der Waals surface area contributed by atoms with Crippen LogP contribution in [0.1, 0.15) is 11.3 Å². The number of fused-ring (bicyclic) bond motifs is 1. The van der Waals surface area contributed by atoms with Crippen LogP contribution in [0.3, 0.4) is 0 Å². The highest BCUT2D eigenvalue weighted by atomic mass is 19.4. The minimum absolute atomic E-state index is 0.370. The Morgan fingerprint density at radius 2 is 2.06 bits per heavy atom. The van der Waals surface area contributed by atoms with Crippen molar-refractivity contribution in [3.8, 4) is 0 Å². The van der Waals surface area contributed by atoms with Crippen LogP contribution in [0.5, 0.6) is 0 Å². The molecule has 0 fully saturated rings. The van der Waals surface area contributed by atoms with Gasteiger partial charge in [0, 0.05) is 11.8 Å². The van der Waals surface area contributed by atoms with Crippen molar-refractivity contribution in [3.63, 3.8) is 0 Å². The maximum Gasteiger partial charge on any atom is 0.433 e. The molecule has 0 aliphatic rings. The van der Waals surface area contributed by atoms with Crippen molar-refractivity contribution in [2.45, 2.75) is 13.1 Å². The Morgan fingerprint density at radius 3 is 2.69 bits per heavy atom. The number of halogens is 3. The Balaban J connectivity index is 2.90. The molecule has 2 aromatic rings. The Kier molecular flexibility index (Phi) is 2.14. The molecular formula is C8H5F3N4O. The molecule has 0 aliphatic carbocycles. The molecule has 0 aromatic carbocycles. The van der Waals surface area contributed by atoms with Gasteiger partial charge in [0.15, 0.2) is 5.69 Å². The second kappa shape index (κ2) is 3.26. The molecule has 2 aromatic heterocycles. The molecule has 0 amide bonds. The van der Waals surface area contributed by atoms with Gasteiger partial charge in [0.25, 0.3) is 11.3 Å². The molecule has 84 valence electrons. The minimum Gasteiger partial charge on any atom is -0.269 e. The van der Waals surface area contributed by atoms with Crippen molar-refractivity contribution < 1.29 is 13.2 Å². The van der Waals surface area contributed by atoms with Crippen LogP contribution in [0.25, 0.3) is 5.78 Å². The molecule has 5 nitrogen and oxygen atoms in total. The fourth-order valence-electron chi connectivity index (χ4n) is 1.27. The summed E-state index contributed by atoms with van der Waals surface area (Å²) in [5.74, 6) is -0.370. The van der Waals surface area contributed by atoms with E-state index >= 15 is 0 Å². The van der Waals surface area contributed by atoms with Crippen LogP contribution < -0.4 is 5.56 Å². The van der Waals surface area contributed by atoms with Crippen LogP contribution in [-0.2, 0) is 6.18 Å². The molecular weight excluding hydrogens is 225 g/mol. The minimum atomic E-state index is -4.67. The topological polar surface area (TPSA) is 60.1 Å². The lowest BCUT2D eigenvalue weighted by atomic mass is 10.2. The fraction of sp³-hybridized carbons (Fsp3) is 0.250. The summed E-state index contributed by atoms with van der Waals surface area (Å²) in [6.07, 6.45) is -2.26. The van der Waals surface area contributed by atoms with Gasteiger partial charge in [-0.05, 0) is 6.92 Å². The van der Waals surface area contributed by atoms with Crippen molar-refractivity contribution in [1.29, 1.82) is 0 Å². The zero-order valence-electron chi connectivity index (χ0n) is 7.99. The maximum absolute atomic E-state index is 12.5. The Labute approximate surface area is 86.6 Å². The van der Waals surface area contributed by atoms with E-state index in [1.165, 1.54) is 12.4 Å². The summed E-state index contributed by atoms with van der Waals surface area (Å²) >= 11 is 0. The van der Waals surface area contributed by atoms with Crippen LogP contribution in [0.2, 0.25) is 0 Å². The molecule has 0 N–H and O–H groups in total. The standard InChI is InChI=1S/C8H5F3N4O/c1-4-5(8(9,10)11)13-7-14-12-2-3-15(7)6(4)16/h2-3H,1H3. The normalized spacial score (nSPS) is 12.0. The smallest absolute Gasteiger partial charge is 0.269 e. The third-order valence-electron chi connectivity index (χ3n) is 2.02. The molecule has 0 bridgehead atoms. The predicted octanol–water partition coefficient (Wildman–Crippen LogP) is 0.812. The lowest BCUT2D eigenvalue weighted by molar-refractivity contribution is -0.141. The number of alkyl halides is 3. The third kappa shape index (κ3) is 1.51. The third-order valence-corrected chi connectivity index (χ3v) is 2.02. The number of hydrogen-bond donors (Lipinski definition) is 0. The van der Waals surface area contributed by atoms with E-state index in [1.807, 2.05) is 0 Å². The van der Waals surface area contributed by atoms with Crippen LogP contribution >= 0.6 is 0 Å². The summed E-state index contributed by atoms with van der Waals surface area (Å²) in [6, 6.07) is 0. The van der Waals surface area contributed by atoms with E-state index in [-0.39, 0.29) is 5.78 Å². The molecule has 0 spiro atoms. The van der Waals surface area contributed by atoms with E-state index in [9.17, 15) is 18.0 Å². The van der Waals surface area contributed by atoms with E-state index in [4.69, 9.17) is 0 Å². The van der Waals surface area contributed by atoms with E-state index in [2.05, 4.69) is 15.2 Å². The fourth-order valence-corrected chi connectivity index (χ4v) is 1.27. The SMILES string of the molecule is Cc1c(C(F)(F)F)nc2nnccn2c1=O. The zero-order valence-corrected chi connectivity index (χ0v) is 7.99. The molecule has 0 aliphatic heterocycles. The summed E-state index contributed by atoms with van der Waals surface area (Å²) in [4.78, 5) is 14.8. The highest BCUT2D eigenvalue weighted by Crippen LogP contribution is 2.28. The first-order valence-electron chi connectivity index (χ1n) is 4.19. The summed E-state index contributed by atoms with van der Waals surface area (Å²) in [7, 11) is 0. The number of aromatic nitrogens is 4. The van der Waals surface area contributed by atoms with Crippen LogP contribution in [0.15, 0.2) is 17.2 Å². The van der Waals surface area contributed by atoms with Gasteiger partial charge >= 0.3 is 6.18 Å². The quantitative estimate of drug-likeness (QED) is 0.672. The van der Waals surface area contributed by atoms with Gasteiger partial charge in [-0.25, -0.2) is 9.38 Å². The predicted molar refractivity (Wildman–Crippen MR) is 46.8 cm³/mol. The molecule has 2 heterocycles. The largest absolute Gasteiger partial charge is 0.433 e. The van der Waals surface area contributed by atoms with E-state index in [1.54, 1.807) is 0 Å². The second-order valence-electron chi connectivity index (χ2n) is 3.07. The molecule has 0 atom stereocenters. The molecule has 0 saturated carbocycles. The average molecular weight is 230 g/mol. The highest BCUT2D eigenvalue weighted by Gasteiger charge is 2.36. The van der Waals surface area contributed by atoms with Crippen LogP contribution in [0, 0.1) is 6.92 Å². The summed E-state index contributed by atoms with van der Waals surface area (Å²) in [5.41, 5.74) is -2.48. The number of hydrogen-bond acceptors (Lipinski definition) is 4. The molecule has 16 heavy (non-hydrogen) atoms. The van der Waals surface area contributed by atoms with Gasteiger partial charge < -0.3 is 0 Å². The molecule has 0 saturated heterocycles. The van der Waals surface area contributed by atoms with Gasteiger partial charge in [0.1, 0.15) is 0 Å². The van der Waals surface area contributed by atoms with Crippen molar-refractivity contribution >= 4 is 5.78 Å². The maximum atomic E-state index is 12.5. The van der Waals surface area contributed by atoms with Gasteiger partial charge in [-0.2, -0.15) is 18.3 Å². The molecule has 0 radical (unpaired) electrons. The first-order valence-corrected chi connectivity index (χ1v) is 4.19. The van der Waals surface area contributed by atoms with Gasteiger partial charge in [0.2, 0.25) is 0 Å². The van der Waals surface area contributed by atoms with Gasteiger partial charge in [-0.15, -0.1) is 5.10 Å². The Morgan fingerprint density at radius 1 is 1.38 bits per heavy atom. The van der Waals surface area contributed by atoms with E-state index in [0.29, 0.717) is 0 Å². The van der Waals surface area contributed by atoms with Crippen LogP contribution in [0.4, 0.5) is 13.2 Å². The Hall–Kier alpha value is -1.99. The number of rotatable bonds is 0. The van der Waals surface area contributed by atoms with Crippen LogP contribution in [-0.4, -0.2) is 19.6 Å². The van der Waals surface area contributed by atoms with Crippen molar-refractivity contribution in [2.24, 2.45) is 0 Å². The molecule has 0 unspecified atom stereocenters. The van der Waals surface area contributed by atoms with Gasteiger partial charge in [0.05, 0.1) is 6.20 Å². The summed E-state index contributed by atoms with van der Waals surface area (Å²) in [5, 5.41) is 6.73. The second-order valence-corrected chi connectivity index (χ2v) is 3.07. The first-order chi connectivity index (χ1) is 7.41. The number of nitrogens with zero attached hydrogens (tertiary/aromatic N) is 4. The molecule has 8 heteroatoms. The average Bonchev–Trinajstić information content (AvgIpc) is 2.22.